The molecule has 0 amide bonds. The van der Waals surface area contributed by atoms with E-state index in [0.717, 1.165) is 17.5 Å². The van der Waals surface area contributed by atoms with Gasteiger partial charge in [-0.15, -0.1) is 0 Å². The predicted octanol–water partition coefficient (Wildman–Crippen LogP) is 2.07. The molecule has 0 saturated carbocycles. The Morgan fingerprint density at radius 2 is 2.00 bits per heavy atom. The number of hydrogen-bond acceptors (Lipinski definition) is 5. The van der Waals surface area contributed by atoms with Crippen LogP contribution in [0.15, 0.2) is 24.3 Å². The van der Waals surface area contributed by atoms with Crippen molar-refractivity contribution in [1.29, 1.82) is 0 Å². The van der Waals surface area contributed by atoms with E-state index in [1.165, 1.54) is 23.9 Å². The van der Waals surface area contributed by atoms with Crippen LogP contribution in [0.5, 0.6) is 5.75 Å². The molecule has 0 aliphatic heterocycles. The maximum atomic E-state index is 13.2. The highest BCUT2D eigenvalue weighted by Crippen LogP contribution is 2.19. The zero-order valence-corrected chi connectivity index (χ0v) is 13.1. The van der Waals surface area contributed by atoms with Gasteiger partial charge >= 0.3 is 5.97 Å². The van der Waals surface area contributed by atoms with Gasteiger partial charge in [-0.3, -0.25) is 14.3 Å². The lowest BCUT2D eigenvalue weighted by Crippen LogP contribution is -2.20. The van der Waals surface area contributed by atoms with Crippen molar-refractivity contribution in [2.75, 3.05) is 13.7 Å². The zero-order chi connectivity index (χ0) is 17.0. The number of halogens is 1. The van der Waals surface area contributed by atoms with Gasteiger partial charge in [0.2, 0.25) is 5.78 Å². The van der Waals surface area contributed by atoms with Crippen molar-refractivity contribution in [3.8, 4) is 5.75 Å². The summed E-state index contributed by atoms with van der Waals surface area (Å²) in [6, 6.07) is 5.41. The van der Waals surface area contributed by atoms with E-state index in [9.17, 15) is 14.0 Å². The van der Waals surface area contributed by atoms with E-state index in [4.69, 9.17) is 9.47 Å². The molecule has 7 heteroatoms. The first-order chi connectivity index (χ1) is 10.9. The number of hydrogen-bond donors (Lipinski definition) is 0. The second-order valence-corrected chi connectivity index (χ2v) is 5.01. The van der Waals surface area contributed by atoms with Gasteiger partial charge < -0.3 is 9.47 Å². The summed E-state index contributed by atoms with van der Waals surface area (Å²) in [5.41, 5.74) is 1.64. The maximum absolute atomic E-state index is 13.2. The topological polar surface area (TPSA) is 70.4 Å². The fourth-order valence-corrected chi connectivity index (χ4v) is 2.12. The third-order valence-electron chi connectivity index (χ3n) is 3.21. The zero-order valence-electron chi connectivity index (χ0n) is 13.1. The van der Waals surface area contributed by atoms with Crippen LogP contribution in [0.1, 0.15) is 21.7 Å². The molecule has 1 aromatic heterocycles. The third-order valence-corrected chi connectivity index (χ3v) is 3.21. The summed E-state index contributed by atoms with van der Waals surface area (Å²) in [5.74, 6) is -1.47. The van der Waals surface area contributed by atoms with Crippen molar-refractivity contribution in [1.82, 2.24) is 9.78 Å². The highest BCUT2D eigenvalue weighted by Gasteiger charge is 2.16. The van der Waals surface area contributed by atoms with Gasteiger partial charge in [0.05, 0.1) is 18.4 Å². The van der Waals surface area contributed by atoms with E-state index in [-0.39, 0.29) is 17.9 Å². The average Bonchev–Trinajstić information content (AvgIpc) is 2.82. The summed E-state index contributed by atoms with van der Waals surface area (Å²) in [5, 5.41) is 4.14. The number of nitrogens with zero attached hydrogens (tertiary/aromatic N) is 2. The summed E-state index contributed by atoms with van der Waals surface area (Å²) >= 11 is 0. The molecule has 0 saturated heterocycles. The van der Waals surface area contributed by atoms with Gasteiger partial charge in [0.15, 0.2) is 6.61 Å². The lowest BCUT2D eigenvalue weighted by molar-refractivity contribution is -0.143. The number of carbonyl (C=O) groups excluding carboxylic acids is 2. The van der Waals surface area contributed by atoms with Crippen molar-refractivity contribution in [2.24, 2.45) is 0 Å². The Balaban J connectivity index is 1.97. The Bertz CT molecular complexity index is 740. The first-order valence-electron chi connectivity index (χ1n) is 6.94. The van der Waals surface area contributed by atoms with Gasteiger partial charge in [0, 0.05) is 5.69 Å². The Kier molecular flexibility index (Phi) is 5.10. The van der Waals surface area contributed by atoms with Crippen LogP contribution in [0.2, 0.25) is 0 Å². The highest BCUT2D eigenvalue weighted by atomic mass is 19.1. The minimum Gasteiger partial charge on any atom is -0.496 e. The minimum atomic E-state index is -0.597. The maximum Gasteiger partial charge on any atom is 0.328 e. The summed E-state index contributed by atoms with van der Waals surface area (Å²) in [4.78, 5) is 23.8. The molecule has 1 aromatic carbocycles. The number of carbonyl (C=O) groups is 2. The molecular weight excluding hydrogens is 303 g/mol. The first-order valence-corrected chi connectivity index (χ1v) is 6.94. The predicted molar refractivity (Wildman–Crippen MR) is 79.9 cm³/mol. The monoisotopic (exact) mass is 320 g/mol. The lowest BCUT2D eigenvalue weighted by Gasteiger charge is -2.09. The van der Waals surface area contributed by atoms with Crippen molar-refractivity contribution < 1.29 is 23.5 Å². The molecule has 23 heavy (non-hydrogen) atoms. The van der Waals surface area contributed by atoms with E-state index in [1.807, 2.05) is 19.9 Å². The molecule has 0 spiro atoms. The molecule has 1 heterocycles. The molecule has 2 aromatic rings. The molecule has 2 rings (SSSR count). The first kappa shape index (κ1) is 16.7. The molecule has 0 unspecified atom stereocenters. The lowest BCUT2D eigenvalue weighted by atomic mass is 10.1. The average molecular weight is 320 g/mol. The standard InChI is InChI=1S/C16H17FN2O4/c1-10-6-11(2)19(18-10)8-16(21)23-9-14(20)13-7-12(17)4-5-15(13)22-3/h4-7H,8-9H2,1-3H3. The van der Waals surface area contributed by atoms with Gasteiger partial charge in [0.1, 0.15) is 18.1 Å². The molecule has 0 bridgehead atoms. The van der Waals surface area contributed by atoms with Crippen LogP contribution in [-0.2, 0) is 16.1 Å². The van der Waals surface area contributed by atoms with Crippen LogP contribution in [0, 0.1) is 19.7 Å². The molecule has 0 aliphatic rings. The largest absolute Gasteiger partial charge is 0.496 e. The molecule has 122 valence electrons. The van der Waals surface area contributed by atoms with Crippen LogP contribution in [0.3, 0.4) is 0 Å². The number of ether oxygens (including phenoxy) is 2. The van der Waals surface area contributed by atoms with Crippen LogP contribution < -0.4 is 4.74 Å². The van der Waals surface area contributed by atoms with E-state index in [1.54, 1.807) is 0 Å². The smallest absolute Gasteiger partial charge is 0.328 e. The van der Waals surface area contributed by atoms with Crippen molar-refractivity contribution in [2.45, 2.75) is 20.4 Å². The SMILES string of the molecule is COc1ccc(F)cc1C(=O)COC(=O)Cn1nc(C)cc1C. The Morgan fingerprint density at radius 3 is 2.61 bits per heavy atom. The second-order valence-electron chi connectivity index (χ2n) is 5.01. The molecule has 0 N–H and O–H groups in total. The summed E-state index contributed by atoms with van der Waals surface area (Å²) in [6.07, 6.45) is 0. The van der Waals surface area contributed by atoms with Crippen molar-refractivity contribution in [3.05, 3.63) is 47.0 Å². The van der Waals surface area contributed by atoms with E-state index < -0.39 is 24.2 Å². The van der Waals surface area contributed by atoms with Gasteiger partial charge in [-0.05, 0) is 38.1 Å². The van der Waals surface area contributed by atoms with Crippen LogP contribution in [0.25, 0.3) is 0 Å². The van der Waals surface area contributed by atoms with Crippen molar-refractivity contribution >= 4 is 11.8 Å². The number of aryl methyl sites for hydroxylation is 2. The van der Waals surface area contributed by atoms with Gasteiger partial charge in [0.25, 0.3) is 0 Å². The summed E-state index contributed by atoms with van der Waals surface area (Å²) in [7, 11) is 1.37. The fraction of sp³-hybridized carbons (Fsp3) is 0.312. The van der Waals surface area contributed by atoms with E-state index in [0.29, 0.717) is 0 Å². The molecular formula is C16H17FN2O4. The molecule has 0 radical (unpaired) electrons. The summed E-state index contributed by atoms with van der Waals surface area (Å²) < 4.78 is 24.7. The molecule has 6 nitrogen and oxygen atoms in total. The number of ketones is 1. The minimum absolute atomic E-state index is 0.0337. The number of esters is 1. The van der Waals surface area contributed by atoms with Crippen molar-refractivity contribution in [3.63, 3.8) is 0 Å². The Hall–Kier alpha value is -2.70. The molecule has 0 atom stereocenters. The number of aromatic nitrogens is 2. The third kappa shape index (κ3) is 4.15. The summed E-state index contributed by atoms with van der Waals surface area (Å²) in [6.45, 7) is 3.05. The normalized spacial score (nSPS) is 10.4. The number of Topliss-reactive ketones (excluding diaryl/α,β-unsaturated/α-hetero) is 1. The number of benzene rings is 1. The Labute approximate surface area is 132 Å². The highest BCUT2D eigenvalue weighted by molar-refractivity contribution is 6.00. The number of rotatable bonds is 6. The fourth-order valence-electron chi connectivity index (χ4n) is 2.12. The van der Waals surface area contributed by atoms with Crippen LogP contribution in [-0.4, -0.2) is 35.2 Å². The quantitative estimate of drug-likeness (QED) is 0.602. The van der Waals surface area contributed by atoms with E-state index >= 15 is 0 Å². The van der Waals surface area contributed by atoms with E-state index in [2.05, 4.69) is 5.10 Å². The second kappa shape index (κ2) is 7.04. The van der Waals surface area contributed by atoms with Gasteiger partial charge in [-0.25, -0.2) is 4.39 Å². The number of methoxy groups -OCH3 is 1. The van der Waals surface area contributed by atoms with Crippen LogP contribution >= 0.6 is 0 Å². The van der Waals surface area contributed by atoms with Crippen LogP contribution in [0.4, 0.5) is 4.39 Å². The van der Waals surface area contributed by atoms with Gasteiger partial charge in [-0.2, -0.15) is 5.10 Å². The molecule has 0 fully saturated rings. The Morgan fingerprint density at radius 1 is 1.26 bits per heavy atom. The molecule has 0 aliphatic carbocycles. The van der Waals surface area contributed by atoms with Gasteiger partial charge in [-0.1, -0.05) is 0 Å².